The van der Waals surface area contributed by atoms with Crippen LogP contribution in [0.5, 0.6) is 0 Å². The molecule has 100 valence electrons. The van der Waals surface area contributed by atoms with Crippen LogP contribution in [0.25, 0.3) is 0 Å². The maximum absolute atomic E-state index is 13.3. The van der Waals surface area contributed by atoms with Crippen LogP contribution in [-0.2, 0) is 6.42 Å². The minimum Gasteiger partial charge on any atom is -0.207 e. The summed E-state index contributed by atoms with van der Waals surface area (Å²) < 4.78 is 27.3. The molecule has 1 unspecified atom stereocenters. The molecule has 0 saturated heterocycles. The predicted molar refractivity (Wildman–Crippen MR) is 80.7 cm³/mol. The van der Waals surface area contributed by atoms with Crippen molar-refractivity contribution in [2.45, 2.75) is 12.3 Å². The Morgan fingerprint density at radius 2 is 1.79 bits per heavy atom. The van der Waals surface area contributed by atoms with Gasteiger partial charge in [-0.25, -0.2) is 8.78 Å². The van der Waals surface area contributed by atoms with Crippen LogP contribution in [0, 0.1) is 11.6 Å². The van der Waals surface area contributed by atoms with Gasteiger partial charge in [0.25, 0.3) is 0 Å². The lowest BCUT2D eigenvalue weighted by atomic mass is 9.93. The molecule has 0 heterocycles. The lowest BCUT2D eigenvalue weighted by Gasteiger charge is -2.15. The van der Waals surface area contributed by atoms with Crippen molar-refractivity contribution in [3.63, 3.8) is 0 Å². The number of benzene rings is 2. The average molecular weight is 390 g/mol. The van der Waals surface area contributed by atoms with Crippen LogP contribution in [0.3, 0.4) is 0 Å². The van der Waals surface area contributed by atoms with E-state index in [0.29, 0.717) is 11.8 Å². The highest BCUT2D eigenvalue weighted by Crippen LogP contribution is 2.25. The quantitative estimate of drug-likeness (QED) is 0.610. The summed E-state index contributed by atoms with van der Waals surface area (Å²) in [5.41, 5.74) is 1.80. The molecule has 0 aromatic heterocycles. The van der Waals surface area contributed by atoms with Crippen LogP contribution in [0.4, 0.5) is 8.78 Å². The molecule has 2 aromatic rings. The minimum absolute atomic E-state index is 0.115. The minimum atomic E-state index is -0.267. The third-order valence-electron chi connectivity index (χ3n) is 2.91. The highest BCUT2D eigenvalue weighted by Gasteiger charge is 2.13. The molecule has 4 heteroatoms. The van der Waals surface area contributed by atoms with Crippen LogP contribution < -0.4 is 0 Å². The number of halogens is 4. The molecule has 19 heavy (non-hydrogen) atoms. The lowest BCUT2D eigenvalue weighted by molar-refractivity contribution is 0.617. The van der Waals surface area contributed by atoms with Crippen LogP contribution in [0.1, 0.15) is 17.0 Å². The van der Waals surface area contributed by atoms with E-state index in [-0.39, 0.29) is 17.6 Å². The summed E-state index contributed by atoms with van der Waals surface area (Å²) in [6.45, 7) is 0. The maximum atomic E-state index is 13.3. The molecular formula is C15H12Br2F2. The van der Waals surface area contributed by atoms with E-state index in [4.69, 9.17) is 0 Å². The highest BCUT2D eigenvalue weighted by molar-refractivity contribution is 9.10. The SMILES string of the molecule is Fc1cc(Br)cc(CC(CBr)c2cccc(F)c2)c1. The Morgan fingerprint density at radius 1 is 1.00 bits per heavy atom. The number of hydrogen-bond acceptors (Lipinski definition) is 0. The van der Waals surface area contributed by atoms with Crippen molar-refractivity contribution in [1.29, 1.82) is 0 Å². The summed E-state index contributed by atoms with van der Waals surface area (Å²) in [4.78, 5) is 0. The molecule has 0 spiro atoms. The van der Waals surface area contributed by atoms with Crippen LogP contribution in [0.15, 0.2) is 46.9 Å². The molecule has 0 bridgehead atoms. The van der Waals surface area contributed by atoms with E-state index in [1.807, 2.05) is 12.1 Å². The van der Waals surface area contributed by atoms with Gasteiger partial charge >= 0.3 is 0 Å². The topological polar surface area (TPSA) is 0 Å². The Hall–Kier alpha value is -0.740. The molecule has 0 amide bonds. The molecule has 0 aliphatic carbocycles. The molecule has 0 nitrogen and oxygen atoms in total. The fourth-order valence-corrected chi connectivity index (χ4v) is 3.15. The van der Waals surface area contributed by atoms with Crippen molar-refractivity contribution in [1.82, 2.24) is 0 Å². The molecule has 0 saturated carbocycles. The molecule has 1 atom stereocenters. The Labute approximate surface area is 128 Å². The number of alkyl halides is 1. The van der Waals surface area contributed by atoms with E-state index in [1.54, 1.807) is 6.07 Å². The molecular weight excluding hydrogens is 378 g/mol. The van der Waals surface area contributed by atoms with E-state index in [0.717, 1.165) is 15.6 Å². The molecule has 2 aromatic carbocycles. The van der Waals surface area contributed by atoms with E-state index >= 15 is 0 Å². The molecule has 0 fully saturated rings. The monoisotopic (exact) mass is 388 g/mol. The van der Waals surface area contributed by atoms with Gasteiger partial charge in [-0.2, -0.15) is 0 Å². The van der Waals surface area contributed by atoms with Gasteiger partial charge in [0, 0.05) is 9.80 Å². The van der Waals surface area contributed by atoms with E-state index in [9.17, 15) is 8.78 Å². The average Bonchev–Trinajstić information content (AvgIpc) is 2.34. The summed E-state index contributed by atoms with van der Waals surface area (Å²) in [6, 6.07) is 11.4. The summed E-state index contributed by atoms with van der Waals surface area (Å²) in [6.07, 6.45) is 0.658. The highest BCUT2D eigenvalue weighted by atomic mass is 79.9. The third-order valence-corrected chi connectivity index (χ3v) is 4.15. The zero-order valence-corrected chi connectivity index (χ0v) is 13.2. The van der Waals surface area contributed by atoms with Crippen LogP contribution >= 0.6 is 31.9 Å². The van der Waals surface area contributed by atoms with Gasteiger partial charge in [-0.3, -0.25) is 0 Å². The fraction of sp³-hybridized carbons (Fsp3) is 0.200. The lowest BCUT2D eigenvalue weighted by Crippen LogP contribution is -2.05. The van der Waals surface area contributed by atoms with E-state index < -0.39 is 0 Å². The zero-order valence-electron chi connectivity index (χ0n) is 10.0. The molecule has 0 N–H and O–H groups in total. The summed E-state index contributed by atoms with van der Waals surface area (Å²) in [5, 5.41) is 0.699. The van der Waals surface area contributed by atoms with E-state index in [2.05, 4.69) is 31.9 Å². The van der Waals surface area contributed by atoms with Gasteiger partial charge in [0.05, 0.1) is 0 Å². The van der Waals surface area contributed by atoms with Crippen LogP contribution in [-0.4, -0.2) is 5.33 Å². The van der Waals surface area contributed by atoms with Crippen molar-refractivity contribution in [2.24, 2.45) is 0 Å². The number of hydrogen-bond donors (Lipinski definition) is 0. The Bertz CT molecular complexity index is 550. The second kappa shape index (κ2) is 6.62. The molecule has 2 rings (SSSR count). The third kappa shape index (κ3) is 4.11. The van der Waals surface area contributed by atoms with Gasteiger partial charge in [0.2, 0.25) is 0 Å². The first-order valence-corrected chi connectivity index (χ1v) is 7.76. The van der Waals surface area contributed by atoms with Gasteiger partial charge in [0.1, 0.15) is 11.6 Å². The Balaban J connectivity index is 2.23. The van der Waals surface area contributed by atoms with Crippen molar-refractivity contribution in [3.8, 4) is 0 Å². The van der Waals surface area contributed by atoms with Gasteiger partial charge in [-0.05, 0) is 53.8 Å². The standard InChI is InChI=1S/C15H12Br2F2/c16-9-12(11-2-1-3-14(18)7-11)4-10-5-13(17)8-15(19)6-10/h1-3,5-8,12H,4,9H2. The summed E-state index contributed by atoms with van der Waals surface area (Å²) in [5.74, 6) is -0.398. The van der Waals surface area contributed by atoms with Crippen molar-refractivity contribution in [2.75, 3.05) is 5.33 Å². The van der Waals surface area contributed by atoms with Crippen molar-refractivity contribution in [3.05, 3.63) is 69.7 Å². The van der Waals surface area contributed by atoms with E-state index in [1.165, 1.54) is 24.3 Å². The van der Waals surface area contributed by atoms with Crippen molar-refractivity contribution >= 4 is 31.9 Å². The zero-order chi connectivity index (χ0) is 13.8. The van der Waals surface area contributed by atoms with Crippen molar-refractivity contribution < 1.29 is 8.78 Å². The predicted octanol–water partition coefficient (Wildman–Crippen LogP) is 5.45. The molecule has 0 radical (unpaired) electrons. The largest absolute Gasteiger partial charge is 0.207 e. The number of rotatable bonds is 4. The maximum Gasteiger partial charge on any atom is 0.124 e. The second-order valence-corrected chi connectivity index (χ2v) is 5.95. The Kier molecular flexibility index (Phi) is 5.11. The van der Waals surface area contributed by atoms with Gasteiger partial charge < -0.3 is 0 Å². The molecule has 0 aliphatic rings. The first kappa shape index (κ1) is 14.7. The van der Waals surface area contributed by atoms with Gasteiger partial charge in [0.15, 0.2) is 0 Å². The first-order valence-electron chi connectivity index (χ1n) is 5.85. The first-order chi connectivity index (χ1) is 9.08. The summed E-state index contributed by atoms with van der Waals surface area (Å²) in [7, 11) is 0. The normalized spacial score (nSPS) is 12.4. The van der Waals surface area contributed by atoms with Crippen LogP contribution in [0.2, 0.25) is 0 Å². The second-order valence-electron chi connectivity index (χ2n) is 4.39. The van der Waals surface area contributed by atoms with Gasteiger partial charge in [-0.1, -0.05) is 44.0 Å². The van der Waals surface area contributed by atoms with Gasteiger partial charge in [-0.15, -0.1) is 0 Å². The Morgan fingerprint density at radius 3 is 2.42 bits per heavy atom. The fourth-order valence-electron chi connectivity index (χ4n) is 2.04. The molecule has 0 aliphatic heterocycles. The smallest absolute Gasteiger partial charge is 0.124 e. The summed E-state index contributed by atoms with van der Waals surface area (Å²) >= 11 is 6.72.